The van der Waals surface area contributed by atoms with Crippen molar-refractivity contribution in [2.75, 3.05) is 7.11 Å². The molecule has 0 aliphatic rings. The summed E-state index contributed by atoms with van der Waals surface area (Å²) in [7, 11) is 1.54. The maximum absolute atomic E-state index is 13.8. The Labute approximate surface area is 135 Å². The van der Waals surface area contributed by atoms with Crippen LogP contribution in [-0.2, 0) is 17.8 Å². The van der Waals surface area contributed by atoms with Gasteiger partial charge in [-0.2, -0.15) is 8.78 Å². The van der Waals surface area contributed by atoms with Crippen molar-refractivity contribution in [1.82, 2.24) is 0 Å². The van der Waals surface area contributed by atoms with Gasteiger partial charge in [0.15, 0.2) is 0 Å². The molecule has 0 saturated heterocycles. The van der Waals surface area contributed by atoms with Crippen LogP contribution >= 0.6 is 15.9 Å². The van der Waals surface area contributed by atoms with Crippen molar-refractivity contribution in [3.05, 3.63) is 63.4 Å². The van der Waals surface area contributed by atoms with Crippen molar-refractivity contribution in [2.45, 2.75) is 19.6 Å². The Morgan fingerprint density at radius 3 is 2.50 bits per heavy atom. The van der Waals surface area contributed by atoms with Crippen LogP contribution in [0.4, 0.5) is 13.2 Å². The zero-order chi connectivity index (χ0) is 16.1. The van der Waals surface area contributed by atoms with Gasteiger partial charge in [-0.25, -0.2) is 4.39 Å². The molecule has 0 aliphatic heterocycles. The molecule has 2 nitrogen and oxygen atoms in total. The van der Waals surface area contributed by atoms with E-state index in [0.29, 0.717) is 22.2 Å². The first kappa shape index (κ1) is 16.8. The Balaban J connectivity index is 2.40. The molecule has 6 heteroatoms. The van der Waals surface area contributed by atoms with Gasteiger partial charge in [0.1, 0.15) is 11.6 Å². The maximum atomic E-state index is 13.8. The molecule has 0 amide bonds. The minimum absolute atomic E-state index is 0.0806. The largest absolute Gasteiger partial charge is 0.435 e. The molecular formula is C16H14BrF3O2. The van der Waals surface area contributed by atoms with Gasteiger partial charge in [-0.3, -0.25) is 0 Å². The number of benzene rings is 2. The van der Waals surface area contributed by atoms with Crippen LogP contribution in [0.25, 0.3) is 0 Å². The fourth-order valence-electron chi connectivity index (χ4n) is 2.17. The van der Waals surface area contributed by atoms with E-state index in [1.165, 1.54) is 19.2 Å². The van der Waals surface area contributed by atoms with Gasteiger partial charge in [0, 0.05) is 13.5 Å². The number of alkyl halides is 2. The van der Waals surface area contributed by atoms with Gasteiger partial charge in [-0.05, 0) is 44.8 Å². The number of hydrogen-bond acceptors (Lipinski definition) is 2. The molecule has 0 saturated carbocycles. The average Bonchev–Trinajstić information content (AvgIpc) is 2.48. The predicted molar refractivity (Wildman–Crippen MR) is 80.7 cm³/mol. The first-order valence-corrected chi connectivity index (χ1v) is 7.29. The molecule has 2 rings (SSSR count). The predicted octanol–water partition coefficient (Wildman–Crippen LogP) is 4.93. The third kappa shape index (κ3) is 4.01. The lowest BCUT2D eigenvalue weighted by Crippen LogP contribution is -2.06. The van der Waals surface area contributed by atoms with Crippen LogP contribution in [0, 0.1) is 5.82 Å². The molecule has 0 bridgehead atoms. The minimum atomic E-state index is -2.91. The van der Waals surface area contributed by atoms with E-state index in [1.807, 2.05) is 0 Å². The molecule has 22 heavy (non-hydrogen) atoms. The molecule has 0 N–H and O–H groups in total. The van der Waals surface area contributed by atoms with Crippen molar-refractivity contribution in [3.63, 3.8) is 0 Å². The monoisotopic (exact) mass is 374 g/mol. The third-order valence-electron chi connectivity index (χ3n) is 3.15. The van der Waals surface area contributed by atoms with E-state index < -0.39 is 12.4 Å². The lowest BCUT2D eigenvalue weighted by atomic mass is 9.99. The Morgan fingerprint density at radius 2 is 1.82 bits per heavy atom. The molecule has 0 heterocycles. The van der Waals surface area contributed by atoms with Crippen LogP contribution < -0.4 is 4.74 Å². The molecule has 0 aromatic heterocycles. The molecule has 2 aromatic carbocycles. The quantitative estimate of drug-likeness (QED) is 0.713. The van der Waals surface area contributed by atoms with Crippen molar-refractivity contribution in [1.29, 1.82) is 0 Å². The van der Waals surface area contributed by atoms with E-state index in [9.17, 15) is 13.2 Å². The second-order valence-corrected chi connectivity index (χ2v) is 5.39. The van der Waals surface area contributed by atoms with Crippen molar-refractivity contribution in [2.24, 2.45) is 0 Å². The lowest BCUT2D eigenvalue weighted by molar-refractivity contribution is -0.0503. The van der Waals surface area contributed by atoms with E-state index in [-0.39, 0.29) is 12.2 Å². The average molecular weight is 375 g/mol. The van der Waals surface area contributed by atoms with Crippen LogP contribution in [-0.4, -0.2) is 13.7 Å². The van der Waals surface area contributed by atoms with Crippen LogP contribution in [0.1, 0.15) is 16.7 Å². The number of para-hydroxylation sites is 1. The Kier molecular flexibility index (Phi) is 5.85. The highest BCUT2D eigenvalue weighted by molar-refractivity contribution is 9.10. The first-order chi connectivity index (χ1) is 10.5. The van der Waals surface area contributed by atoms with Gasteiger partial charge < -0.3 is 9.47 Å². The van der Waals surface area contributed by atoms with Gasteiger partial charge >= 0.3 is 6.61 Å². The normalized spacial score (nSPS) is 11.0. The molecule has 0 fully saturated rings. The van der Waals surface area contributed by atoms with Crippen molar-refractivity contribution < 1.29 is 22.6 Å². The van der Waals surface area contributed by atoms with Gasteiger partial charge in [0.25, 0.3) is 0 Å². The van der Waals surface area contributed by atoms with E-state index in [2.05, 4.69) is 20.7 Å². The maximum Gasteiger partial charge on any atom is 0.387 e. The molecule has 0 unspecified atom stereocenters. The van der Waals surface area contributed by atoms with E-state index in [0.717, 1.165) is 5.56 Å². The molecule has 118 valence electrons. The standard InChI is InChI=1S/C16H14BrF3O2/c1-21-9-11-6-7-13(18)15(17)12(11)8-10-4-2-3-5-14(10)22-16(19)20/h2-7,16H,8-9H2,1H3. The SMILES string of the molecule is COCc1ccc(F)c(Br)c1Cc1ccccc1OC(F)F. The second-order valence-electron chi connectivity index (χ2n) is 4.60. The van der Waals surface area contributed by atoms with Crippen LogP contribution in [0.5, 0.6) is 5.75 Å². The summed E-state index contributed by atoms with van der Waals surface area (Å²) >= 11 is 3.21. The summed E-state index contributed by atoms with van der Waals surface area (Å²) in [4.78, 5) is 0. The van der Waals surface area contributed by atoms with E-state index in [1.54, 1.807) is 24.3 Å². The summed E-state index contributed by atoms with van der Waals surface area (Å²) in [6, 6.07) is 9.42. The second kappa shape index (κ2) is 7.65. The fraction of sp³-hybridized carbons (Fsp3) is 0.250. The van der Waals surface area contributed by atoms with E-state index >= 15 is 0 Å². The van der Waals surface area contributed by atoms with Gasteiger partial charge in [0.2, 0.25) is 0 Å². The molecule has 2 aromatic rings. The molecular weight excluding hydrogens is 361 g/mol. The number of rotatable bonds is 6. The molecule has 0 aliphatic carbocycles. The fourth-order valence-corrected chi connectivity index (χ4v) is 2.69. The number of ether oxygens (including phenoxy) is 2. The van der Waals surface area contributed by atoms with Gasteiger partial charge in [-0.15, -0.1) is 0 Å². The first-order valence-electron chi connectivity index (χ1n) is 6.50. The summed E-state index contributed by atoms with van der Waals surface area (Å²) in [6.45, 7) is -2.61. The Morgan fingerprint density at radius 1 is 1.09 bits per heavy atom. The summed E-state index contributed by atoms with van der Waals surface area (Å²) in [5.74, 6) is -0.334. The number of methoxy groups -OCH3 is 1. The van der Waals surface area contributed by atoms with E-state index in [4.69, 9.17) is 4.74 Å². The number of hydrogen-bond donors (Lipinski definition) is 0. The highest BCUT2D eigenvalue weighted by atomic mass is 79.9. The van der Waals surface area contributed by atoms with Crippen LogP contribution in [0.15, 0.2) is 40.9 Å². The molecule has 0 spiro atoms. The summed E-state index contributed by atoms with van der Waals surface area (Å²) in [5.41, 5.74) is 1.97. The molecule has 0 atom stereocenters. The summed E-state index contributed by atoms with van der Waals surface area (Å²) in [5, 5.41) is 0. The van der Waals surface area contributed by atoms with Crippen LogP contribution in [0.2, 0.25) is 0 Å². The Hall–Kier alpha value is -1.53. The minimum Gasteiger partial charge on any atom is -0.435 e. The smallest absolute Gasteiger partial charge is 0.387 e. The van der Waals surface area contributed by atoms with Crippen molar-refractivity contribution in [3.8, 4) is 5.75 Å². The third-order valence-corrected chi connectivity index (χ3v) is 4.01. The highest BCUT2D eigenvalue weighted by Gasteiger charge is 2.15. The zero-order valence-electron chi connectivity index (χ0n) is 11.8. The van der Waals surface area contributed by atoms with Gasteiger partial charge in [-0.1, -0.05) is 24.3 Å². The lowest BCUT2D eigenvalue weighted by Gasteiger charge is -2.15. The van der Waals surface area contributed by atoms with Gasteiger partial charge in [0.05, 0.1) is 11.1 Å². The van der Waals surface area contributed by atoms with Crippen LogP contribution in [0.3, 0.4) is 0 Å². The highest BCUT2D eigenvalue weighted by Crippen LogP contribution is 2.30. The van der Waals surface area contributed by atoms with Crippen molar-refractivity contribution >= 4 is 15.9 Å². The number of halogens is 4. The zero-order valence-corrected chi connectivity index (χ0v) is 13.4. The topological polar surface area (TPSA) is 18.5 Å². The summed E-state index contributed by atoms with van der Waals surface area (Å²) < 4.78 is 48.6. The Bertz CT molecular complexity index is 647. The summed E-state index contributed by atoms with van der Waals surface area (Å²) in [6.07, 6.45) is 0.250. The molecule has 0 radical (unpaired) electrons.